The van der Waals surface area contributed by atoms with E-state index in [1.54, 1.807) is 0 Å². The van der Waals surface area contributed by atoms with Gasteiger partial charge in [-0.3, -0.25) is 4.90 Å². The normalized spacial score (nSPS) is 32.2. The smallest absolute Gasteiger partial charge is 0.147 e. The minimum atomic E-state index is 0.199. The Morgan fingerprint density at radius 3 is 3.11 bits per heavy atom. The molecular formula is C14H25N5. The molecule has 19 heavy (non-hydrogen) atoms. The molecule has 2 unspecified atom stereocenters. The molecule has 0 saturated heterocycles. The van der Waals surface area contributed by atoms with Crippen molar-refractivity contribution >= 4 is 0 Å². The number of rotatable bonds is 3. The molecule has 106 valence electrons. The van der Waals surface area contributed by atoms with Gasteiger partial charge in [0.15, 0.2) is 0 Å². The topological polar surface area (TPSA) is 60.0 Å². The van der Waals surface area contributed by atoms with Gasteiger partial charge in [-0.05, 0) is 18.8 Å². The van der Waals surface area contributed by atoms with E-state index in [-0.39, 0.29) is 5.54 Å². The SMILES string of the molecule is CCC1CCCCC1(CN)N1CCn2cnnc2C1. The number of hydrogen-bond acceptors (Lipinski definition) is 4. The Balaban J connectivity index is 1.86. The number of hydrogen-bond donors (Lipinski definition) is 1. The van der Waals surface area contributed by atoms with Crippen molar-refractivity contribution in [3.8, 4) is 0 Å². The second kappa shape index (κ2) is 5.21. The Morgan fingerprint density at radius 1 is 1.42 bits per heavy atom. The molecule has 5 nitrogen and oxygen atoms in total. The Morgan fingerprint density at radius 2 is 2.32 bits per heavy atom. The number of nitrogens with two attached hydrogens (primary N) is 1. The van der Waals surface area contributed by atoms with Crippen LogP contribution in [0.2, 0.25) is 0 Å². The molecule has 1 aliphatic carbocycles. The first kappa shape index (κ1) is 13.1. The van der Waals surface area contributed by atoms with E-state index in [9.17, 15) is 0 Å². The standard InChI is InChI=1S/C14H25N5/c1-2-12-5-3-4-6-14(12,10-15)19-8-7-18-11-16-17-13(18)9-19/h11-12H,2-10,15H2,1H3. The zero-order valence-electron chi connectivity index (χ0n) is 11.9. The van der Waals surface area contributed by atoms with Crippen molar-refractivity contribution in [1.29, 1.82) is 0 Å². The Kier molecular flexibility index (Phi) is 3.58. The summed E-state index contributed by atoms with van der Waals surface area (Å²) in [5.74, 6) is 1.83. The van der Waals surface area contributed by atoms with Crippen LogP contribution in [0.3, 0.4) is 0 Å². The third-order valence-corrected chi connectivity index (χ3v) is 5.29. The van der Waals surface area contributed by atoms with E-state index in [1.165, 1.54) is 32.1 Å². The highest BCUT2D eigenvalue weighted by Gasteiger charge is 2.44. The summed E-state index contributed by atoms with van der Waals surface area (Å²) in [6.07, 6.45) is 8.34. The predicted octanol–water partition coefficient (Wildman–Crippen LogP) is 1.39. The van der Waals surface area contributed by atoms with Crippen LogP contribution in [0.25, 0.3) is 0 Å². The molecule has 0 radical (unpaired) electrons. The summed E-state index contributed by atoms with van der Waals surface area (Å²) in [6, 6.07) is 0. The summed E-state index contributed by atoms with van der Waals surface area (Å²) >= 11 is 0. The predicted molar refractivity (Wildman–Crippen MR) is 74.5 cm³/mol. The van der Waals surface area contributed by atoms with Crippen LogP contribution in [-0.4, -0.2) is 38.3 Å². The van der Waals surface area contributed by atoms with Crippen molar-refractivity contribution in [2.45, 2.75) is 57.7 Å². The van der Waals surface area contributed by atoms with Gasteiger partial charge in [-0.1, -0.05) is 26.2 Å². The largest absolute Gasteiger partial charge is 0.329 e. The Labute approximate surface area is 115 Å². The average molecular weight is 263 g/mol. The van der Waals surface area contributed by atoms with Gasteiger partial charge in [0.1, 0.15) is 12.2 Å². The molecule has 0 spiro atoms. The maximum atomic E-state index is 6.25. The van der Waals surface area contributed by atoms with Gasteiger partial charge < -0.3 is 10.3 Å². The molecule has 2 N–H and O–H groups in total. The van der Waals surface area contributed by atoms with Gasteiger partial charge in [0.25, 0.3) is 0 Å². The molecule has 2 atom stereocenters. The first-order valence-electron chi connectivity index (χ1n) is 7.62. The molecular weight excluding hydrogens is 238 g/mol. The van der Waals surface area contributed by atoms with Crippen LogP contribution in [0, 0.1) is 5.92 Å². The van der Waals surface area contributed by atoms with Gasteiger partial charge in [-0.2, -0.15) is 0 Å². The molecule has 1 saturated carbocycles. The highest BCUT2D eigenvalue weighted by atomic mass is 15.3. The quantitative estimate of drug-likeness (QED) is 0.895. The van der Waals surface area contributed by atoms with E-state index >= 15 is 0 Å². The second-order valence-electron chi connectivity index (χ2n) is 6.02. The van der Waals surface area contributed by atoms with Crippen LogP contribution >= 0.6 is 0 Å². The Bertz CT molecular complexity index is 429. The van der Waals surface area contributed by atoms with E-state index in [0.29, 0.717) is 0 Å². The van der Waals surface area contributed by atoms with Gasteiger partial charge in [0.05, 0.1) is 6.54 Å². The third kappa shape index (κ3) is 2.09. The molecule has 1 fully saturated rings. The lowest BCUT2D eigenvalue weighted by molar-refractivity contribution is -0.0150. The van der Waals surface area contributed by atoms with Gasteiger partial charge in [0.2, 0.25) is 0 Å². The zero-order chi connectivity index (χ0) is 13.3. The second-order valence-corrected chi connectivity index (χ2v) is 6.02. The van der Waals surface area contributed by atoms with Crippen molar-refractivity contribution in [3.05, 3.63) is 12.2 Å². The average Bonchev–Trinajstić information content (AvgIpc) is 2.94. The Hall–Kier alpha value is -0.940. The van der Waals surface area contributed by atoms with Crippen LogP contribution in [0.1, 0.15) is 44.9 Å². The number of nitrogens with zero attached hydrogens (tertiary/aromatic N) is 4. The summed E-state index contributed by atoms with van der Waals surface area (Å²) in [5, 5.41) is 8.27. The molecule has 2 heterocycles. The molecule has 1 aromatic rings. The van der Waals surface area contributed by atoms with Gasteiger partial charge in [0, 0.05) is 25.2 Å². The van der Waals surface area contributed by atoms with Gasteiger partial charge >= 0.3 is 0 Å². The summed E-state index contributed by atoms with van der Waals surface area (Å²) in [7, 11) is 0. The van der Waals surface area contributed by atoms with E-state index in [4.69, 9.17) is 5.73 Å². The summed E-state index contributed by atoms with van der Waals surface area (Å²) in [6.45, 7) is 6.08. The number of fused-ring (bicyclic) bond motifs is 1. The summed E-state index contributed by atoms with van der Waals surface area (Å²) < 4.78 is 2.17. The fourth-order valence-corrected chi connectivity index (χ4v) is 4.14. The minimum Gasteiger partial charge on any atom is -0.329 e. The highest BCUT2D eigenvalue weighted by Crippen LogP contribution is 2.41. The van der Waals surface area contributed by atoms with Gasteiger partial charge in [-0.15, -0.1) is 10.2 Å². The lowest BCUT2D eigenvalue weighted by Gasteiger charge is -2.52. The van der Waals surface area contributed by atoms with Crippen molar-refractivity contribution < 1.29 is 0 Å². The van der Waals surface area contributed by atoms with Crippen LogP contribution in [0.4, 0.5) is 0 Å². The maximum absolute atomic E-state index is 6.25. The molecule has 0 amide bonds. The fourth-order valence-electron chi connectivity index (χ4n) is 4.14. The molecule has 1 aliphatic heterocycles. The lowest BCUT2D eigenvalue weighted by Crippen LogP contribution is -2.61. The summed E-state index contributed by atoms with van der Waals surface area (Å²) in [5.41, 5.74) is 6.44. The molecule has 1 aromatic heterocycles. The van der Waals surface area contributed by atoms with E-state index < -0.39 is 0 Å². The van der Waals surface area contributed by atoms with E-state index in [0.717, 1.165) is 37.9 Å². The maximum Gasteiger partial charge on any atom is 0.147 e. The first-order valence-corrected chi connectivity index (χ1v) is 7.62. The molecule has 2 aliphatic rings. The molecule has 5 heteroatoms. The zero-order valence-corrected chi connectivity index (χ0v) is 11.9. The lowest BCUT2D eigenvalue weighted by atomic mass is 9.70. The minimum absolute atomic E-state index is 0.199. The van der Waals surface area contributed by atoms with Crippen LogP contribution in [0.15, 0.2) is 6.33 Å². The highest BCUT2D eigenvalue weighted by molar-refractivity contribution is 5.03. The number of aromatic nitrogens is 3. The summed E-state index contributed by atoms with van der Waals surface area (Å²) in [4.78, 5) is 2.60. The van der Waals surface area contributed by atoms with Crippen LogP contribution in [-0.2, 0) is 13.1 Å². The first-order chi connectivity index (χ1) is 9.30. The van der Waals surface area contributed by atoms with Crippen molar-refractivity contribution in [2.24, 2.45) is 11.7 Å². The third-order valence-electron chi connectivity index (χ3n) is 5.29. The van der Waals surface area contributed by atoms with Crippen molar-refractivity contribution in [1.82, 2.24) is 19.7 Å². The van der Waals surface area contributed by atoms with Crippen LogP contribution in [0.5, 0.6) is 0 Å². The monoisotopic (exact) mass is 263 g/mol. The van der Waals surface area contributed by atoms with Crippen LogP contribution < -0.4 is 5.73 Å². The molecule has 0 bridgehead atoms. The van der Waals surface area contributed by atoms with Gasteiger partial charge in [-0.25, -0.2) is 0 Å². The molecule has 0 aromatic carbocycles. The fraction of sp³-hybridized carbons (Fsp3) is 0.857. The van der Waals surface area contributed by atoms with Crippen molar-refractivity contribution in [2.75, 3.05) is 13.1 Å². The van der Waals surface area contributed by atoms with E-state index in [2.05, 4.69) is 26.6 Å². The van der Waals surface area contributed by atoms with Crippen molar-refractivity contribution in [3.63, 3.8) is 0 Å². The van der Waals surface area contributed by atoms with E-state index in [1.807, 2.05) is 6.33 Å². The molecule has 3 rings (SSSR count).